The van der Waals surface area contributed by atoms with E-state index in [-0.39, 0.29) is 5.91 Å². The van der Waals surface area contributed by atoms with Crippen molar-refractivity contribution in [3.63, 3.8) is 0 Å². The van der Waals surface area contributed by atoms with E-state index < -0.39 is 0 Å². The third-order valence-corrected chi connectivity index (χ3v) is 3.06. The minimum atomic E-state index is -0.0681. The molecule has 0 radical (unpaired) electrons. The number of aryl methyl sites for hydroxylation is 2. The predicted molar refractivity (Wildman–Crippen MR) is 83.1 cm³/mol. The topological polar surface area (TPSA) is 41.6 Å². The van der Waals surface area contributed by atoms with Crippen LogP contribution in [0.1, 0.15) is 16.7 Å². The number of hydrogen-bond acceptors (Lipinski definition) is 3. The van der Waals surface area contributed by atoms with Gasteiger partial charge in [0.2, 0.25) is 5.91 Å². The van der Waals surface area contributed by atoms with Gasteiger partial charge in [0.05, 0.1) is 7.11 Å². The number of carbonyl (C=O) groups excluding carboxylic acids is 1. The molecule has 1 rings (SSSR count). The molecule has 4 heteroatoms. The summed E-state index contributed by atoms with van der Waals surface area (Å²) in [7, 11) is 5.61. The summed E-state index contributed by atoms with van der Waals surface area (Å²) >= 11 is 0. The maximum Gasteiger partial charge on any atom is 0.244 e. The van der Waals surface area contributed by atoms with Gasteiger partial charge in [0.1, 0.15) is 5.75 Å². The number of methoxy groups -OCH3 is 1. The zero-order chi connectivity index (χ0) is 15.1. The average Bonchev–Trinajstić information content (AvgIpc) is 2.36. The summed E-state index contributed by atoms with van der Waals surface area (Å²) in [4.78, 5) is 13.7. The summed E-state index contributed by atoms with van der Waals surface area (Å²) in [5, 5.41) is 2.85. The van der Waals surface area contributed by atoms with E-state index in [4.69, 9.17) is 4.74 Å². The quantitative estimate of drug-likeness (QED) is 0.808. The highest BCUT2D eigenvalue weighted by Gasteiger charge is 2.03. The molecule has 0 aliphatic heterocycles. The summed E-state index contributed by atoms with van der Waals surface area (Å²) in [5.74, 6) is 0.772. The Morgan fingerprint density at radius 2 is 1.90 bits per heavy atom. The molecule has 110 valence electrons. The number of benzene rings is 1. The second kappa shape index (κ2) is 7.70. The molecule has 0 aromatic heterocycles. The highest BCUT2D eigenvalue weighted by Crippen LogP contribution is 2.22. The lowest BCUT2D eigenvalue weighted by Gasteiger charge is -2.10. The van der Waals surface area contributed by atoms with E-state index in [1.807, 2.05) is 51.1 Å². The van der Waals surface area contributed by atoms with Gasteiger partial charge in [-0.15, -0.1) is 0 Å². The molecular formula is C16H24N2O2. The molecule has 0 heterocycles. The van der Waals surface area contributed by atoms with Crippen LogP contribution in [-0.2, 0) is 4.79 Å². The van der Waals surface area contributed by atoms with E-state index in [2.05, 4.69) is 5.32 Å². The Morgan fingerprint density at radius 3 is 2.40 bits per heavy atom. The van der Waals surface area contributed by atoms with Crippen LogP contribution in [-0.4, -0.2) is 45.1 Å². The largest absolute Gasteiger partial charge is 0.497 e. The number of carbonyl (C=O) groups is 1. The van der Waals surface area contributed by atoms with E-state index >= 15 is 0 Å². The van der Waals surface area contributed by atoms with Crippen LogP contribution in [0.15, 0.2) is 18.2 Å². The molecule has 0 atom stereocenters. The van der Waals surface area contributed by atoms with Crippen LogP contribution in [0, 0.1) is 13.8 Å². The number of nitrogens with one attached hydrogen (secondary N) is 1. The molecular weight excluding hydrogens is 252 g/mol. The van der Waals surface area contributed by atoms with Gasteiger partial charge in [0.25, 0.3) is 0 Å². The summed E-state index contributed by atoms with van der Waals surface area (Å²) in [5.41, 5.74) is 3.26. The first-order valence-electron chi connectivity index (χ1n) is 6.70. The van der Waals surface area contributed by atoms with Gasteiger partial charge in [-0.25, -0.2) is 0 Å². The lowest BCUT2D eigenvalue weighted by Crippen LogP contribution is -2.30. The van der Waals surface area contributed by atoms with Gasteiger partial charge in [0, 0.05) is 19.2 Å². The fraction of sp³-hybridized carbons (Fsp3) is 0.438. The lowest BCUT2D eigenvalue weighted by atomic mass is 10.0. The van der Waals surface area contributed by atoms with Crippen molar-refractivity contribution in [2.24, 2.45) is 0 Å². The first-order valence-corrected chi connectivity index (χ1v) is 6.70. The van der Waals surface area contributed by atoms with Crippen LogP contribution in [0.4, 0.5) is 0 Å². The Kier molecular flexibility index (Phi) is 6.25. The van der Waals surface area contributed by atoms with Crippen LogP contribution >= 0.6 is 0 Å². The van der Waals surface area contributed by atoms with Gasteiger partial charge in [-0.1, -0.05) is 0 Å². The standard InChI is InChI=1S/C16H24N2O2/c1-12-10-14(20-5)11-13(2)15(12)6-7-16(19)17-8-9-18(3)4/h6-7,10-11H,8-9H2,1-5H3,(H,17,19)/b7-6+. The Balaban J connectivity index is 2.68. The molecule has 0 saturated heterocycles. The fourth-order valence-corrected chi connectivity index (χ4v) is 1.94. The Morgan fingerprint density at radius 1 is 1.30 bits per heavy atom. The second-order valence-electron chi connectivity index (χ2n) is 5.10. The molecule has 1 N–H and O–H groups in total. The minimum Gasteiger partial charge on any atom is -0.497 e. The highest BCUT2D eigenvalue weighted by molar-refractivity contribution is 5.92. The molecule has 0 aliphatic rings. The monoisotopic (exact) mass is 276 g/mol. The highest BCUT2D eigenvalue weighted by atomic mass is 16.5. The van der Waals surface area contributed by atoms with E-state index in [9.17, 15) is 4.79 Å². The van der Waals surface area contributed by atoms with Crippen molar-refractivity contribution in [1.29, 1.82) is 0 Å². The zero-order valence-electron chi connectivity index (χ0n) is 13.0. The Bertz CT molecular complexity index is 470. The molecule has 1 amide bonds. The average molecular weight is 276 g/mol. The Labute approximate surface area is 121 Å². The summed E-state index contributed by atoms with van der Waals surface area (Å²) < 4.78 is 5.22. The van der Waals surface area contributed by atoms with E-state index in [1.54, 1.807) is 13.2 Å². The number of ether oxygens (including phenoxy) is 1. The third-order valence-electron chi connectivity index (χ3n) is 3.06. The number of nitrogens with zero attached hydrogens (tertiary/aromatic N) is 1. The first kappa shape index (κ1) is 16.2. The predicted octanol–water partition coefficient (Wildman–Crippen LogP) is 2.00. The van der Waals surface area contributed by atoms with Crippen molar-refractivity contribution in [2.75, 3.05) is 34.3 Å². The van der Waals surface area contributed by atoms with Gasteiger partial charge < -0.3 is 15.0 Å². The zero-order valence-corrected chi connectivity index (χ0v) is 13.0. The molecule has 0 unspecified atom stereocenters. The van der Waals surface area contributed by atoms with Crippen LogP contribution in [0.2, 0.25) is 0 Å². The van der Waals surface area contributed by atoms with Crippen molar-refractivity contribution in [3.05, 3.63) is 34.9 Å². The molecule has 4 nitrogen and oxygen atoms in total. The molecule has 0 aliphatic carbocycles. The lowest BCUT2D eigenvalue weighted by molar-refractivity contribution is -0.116. The molecule has 0 bridgehead atoms. The smallest absolute Gasteiger partial charge is 0.244 e. The van der Waals surface area contributed by atoms with Crippen molar-refractivity contribution < 1.29 is 9.53 Å². The van der Waals surface area contributed by atoms with Crippen molar-refractivity contribution in [1.82, 2.24) is 10.2 Å². The number of likely N-dealkylation sites (N-methyl/N-ethyl adjacent to an activating group) is 1. The second-order valence-corrected chi connectivity index (χ2v) is 5.10. The number of rotatable bonds is 6. The molecule has 0 saturated carbocycles. The third kappa shape index (κ3) is 5.05. The summed E-state index contributed by atoms with van der Waals surface area (Å²) in [6, 6.07) is 3.94. The van der Waals surface area contributed by atoms with Gasteiger partial charge in [-0.2, -0.15) is 0 Å². The normalized spacial score (nSPS) is 11.1. The van der Waals surface area contributed by atoms with Crippen LogP contribution in [0.25, 0.3) is 6.08 Å². The van der Waals surface area contributed by atoms with E-state index in [0.29, 0.717) is 6.54 Å². The van der Waals surface area contributed by atoms with Crippen LogP contribution in [0.3, 0.4) is 0 Å². The number of amides is 1. The summed E-state index contributed by atoms with van der Waals surface area (Å²) in [6.07, 6.45) is 3.44. The molecule has 1 aromatic carbocycles. The van der Waals surface area contributed by atoms with Crippen molar-refractivity contribution in [2.45, 2.75) is 13.8 Å². The van der Waals surface area contributed by atoms with Gasteiger partial charge >= 0.3 is 0 Å². The summed E-state index contributed by atoms with van der Waals surface area (Å²) in [6.45, 7) is 5.51. The maximum atomic E-state index is 11.7. The maximum absolute atomic E-state index is 11.7. The minimum absolute atomic E-state index is 0.0681. The molecule has 1 aromatic rings. The Hall–Kier alpha value is -1.81. The van der Waals surface area contributed by atoms with Crippen LogP contribution in [0.5, 0.6) is 5.75 Å². The fourth-order valence-electron chi connectivity index (χ4n) is 1.94. The van der Waals surface area contributed by atoms with Gasteiger partial charge in [0.15, 0.2) is 0 Å². The van der Waals surface area contributed by atoms with E-state index in [0.717, 1.165) is 29.0 Å². The van der Waals surface area contributed by atoms with Gasteiger partial charge in [-0.3, -0.25) is 4.79 Å². The molecule has 0 fully saturated rings. The SMILES string of the molecule is COc1cc(C)c(/C=C/C(=O)NCCN(C)C)c(C)c1. The number of hydrogen-bond donors (Lipinski definition) is 1. The molecule has 20 heavy (non-hydrogen) atoms. The van der Waals surface area contributed by atoms with E-state index in [1.165, 1.54) is 0 Å². The van der Waals surface area contributed by atoms with Gasteiger partial charge in [-0.05, 0) is 62.8 Å². The van der Waals surface area contributed by atoms with Crippen molar-refractivity contribution >= 4 is 12.0 Å². The first-order chi connectivity index (χ1) is 9.43. The molecule has 0 spiro atoms. The van der Waals surface area contributed by atoms with Crippen LogP contribution < -0.4 is 10.1 Å². The van der Waals surface area contributed by atoms with Crippen molar-refractivity contribution in [3.8, 4) is 5.75 Å².